The second-order valence-corrected chi connectivity index (χ2v) is 8.23. The van der Waals surface area contributed by atoms with Gasteiger partial charge in [-0.15, -0.1) is 0 Å². The maximum atomic E-state index is 13.0. The van der Waals surface area contributed by atoms with E-state index in [4.69, 9.17) is 0 Å². The van der Waals surface area contributed by atoms with Crippen LogP contribution in [0, 0.1) is 17.3 Å². The van der Waals surface area contributed by atoms with Gasteiger partial charge in [0.05, 0.1) is 12.0 Å². The number of hydrogen-bond acceptors (Lipinski definition) is 1. The first-order valence-corrected chi connectivity index (χ1v) is 9.44. The molecule has 2 aromatic rings. The average molecular weight is 348 g/mol. The molecule has 0 heterocycles. The molecule has 0 aliphatic heterocycles. The summed E-state index contributed by atoms with van der Waals surface area (Å²) >= 11 is 0. The van der Waals surface area contributed by atoms with Crippen molar-refractivity contribution in [1.82, 2.24) is 5.32 Å². The predicted octanol–water partition coefficient (Wildman–Crippen LogP) is 5.33. The van der Waals surface area contributed by atoms with Crippen molar-refractivity contribution >= 4 is 5.91 Å². The number of carbonyl (C=O) groups excluding carboxylic acids is 1. The number of rotatable bonds is 6. The van der Waals surface area contributed by atoms with Crippen molar-refractivity contribution in [3.8, 4) is 0 Å². The molecule has 0 radical (unpaired) electrons. The van der Waals surface area contributed by atoms with Gasteiger partial charge in [0.25, 0.3) is 0 Å². The summed E-state index contributed by atoms with van der Waals surface area (Å²) in [5.41, 5.74) is 3.71. The standard InChI is InChI=1S/C24H29NO/c1-17(2)15-20-22(24(20,3)4)23(26)25-21(19-13-9-6-10-14-19)16-18-11-7-5-8-12-18/h5-15,20-22H,16H2,1-4H3,(H,25,26). The van der Waals surface area contributed by atoms with Crippen LogP contribution in [0.1, 0.15) is 44.9 Å². The van der Waals surface area contributed by atoms with Crippen LogP contribution in [0.3, 0.4) is 0 Å². The summed E-state index contributed by atoms with van der Waals surface area (Å²) in [4.78, 5) is 13.0. The van der Waals surface area contributed by atoms with Gasteiger partial charge in [-0.1, -0.05) is 86.2 Å². The van der Waals surface area contributed by atoms with Gasteiger partial charge in [-0.2, -0.15) is 0 Å². The van der Waals surface area contributed by atoms with Gasteiger partial charge in [0.2, 0.25) is 5.91 Å². The highest BCUT2D eigenvalue weighted by Gasteiger charge is 2.60. The Kier molecular flexibility index (Phi) is 5.31. The lowest BCUT2D eigenvalue weighted by molar-refractivity contribution is -0.123. The van der Waals surface area contributed by atoms with E-state index < -0.39 is 0 Å². The topological polar surface area (TPSA) is 29.1 Å². The Balaban J connectivity index is 1.78. The van der Waals surface area contributed by atoms with Gasteiger partial charge in [-0.3, -0.25) is 4.79 Å². The third-order valence-corrected chi connectivity index (χ3v) is 5.51. The van der Waals surface area contributed by atoms with Crippen LogP contribution in [0.5, 0.6) is 0 Å². The fourth-order valence-electron chi connectivity index (χ4n) is 3.90. The summed E-state index contributed by atoms with van der Waals surface area (Å²) in [6.07, 6.45) is 3.05. The number of hydrogen-bond donors (Lipinski definition) is 1. The summed E-state index contributed by atoms with van der Waals surface area (Å²) < 4.78 is 0. The van der Waals surface area contributed by atoms with E-state index >= 15 is 0 Å². The van der Waals surface area contributed by atoms with Gasteiger partial charge in [-0.05, 0) is 42.7 Å². The zero-order valence-electron chi connectivity index (χ0n) is 16.2. The first-order valence-electron chi connectivity index (χ1n) is 9.44. The Morgan fingerprint density at radius 1 is 1.04 bits per heavy atom. The molecule has 3 atom stereocenters. The van der Waals surface area contributed by atoms with Crippen LogP contribution in [0.4, 0.5) is 0 Å². The van der Waals surface area contributed by atoms with Gasteiger partial charge in [-0.25, -0.2) is 0 Å². The van der Waals surface area contributed by atoms with Gasteiger partial charge < -0.3 is 5.32 Å². The van der Waals surface area contributed by atoms with Crippen molar-refractivity contribution in [3.05, 3.63) is 83.4 Å². The number of benzene rings is 2. The first kappa shape index (κ1) is 18.4. The van der Waals surface area contributed by atoms with Crippen LogP contribution in [0.15, 0.2) is 72.3 Å². The highest BCUT2D eigenvalue weighted by molar-refractivity contribution is 5.84. The largest absolute Gasteiger partial charge is 0.349 e. The molecule has 3 rings (SSSR count). The molecule has 1 aliphatic rings. The van der Waals surface area contributed by atoms with Crippen molar-refractivity contribution in [3.63, 3.8) is 0 Å². The molecule has 0 bridgehead atoms. The van der Waals surface area contributed by atoms with Crippen LogP contribution >= 0.6 is 0 Å². The smallest absolute Gasteiger partial charge is 0.224 e. The Hall–Kier alpha value is -2.35. The highest BCUT2D eigenvalue weighted by atomic mass is 16.2. The molecule has 1 amide bonds. The van der Waals surface area contributed by atoms with Crippen molar-refractivity contribution < 1.29 is 4.79 Å². The molecule has 26 heavy (non-hydrogen) atoms. The van der Waals surface area contributed by atoms with Crippen LogP contribution in [0.25, 0.3) is 0 Å². The van der Waals surface area contributed by atoms with E-state index in [2.05, 4.69) is 63.4 Å². The van der Waals surface area contributed by atoms with Crippen LogP contribution in [-0.4, -0.2) is 5.91 Å². The molecule has 2 aromatic carbocycles. The maximum absolute atomic E-state index is 13.0. The van der Waals surface area contributed by atoms with Crippen LogP contribution < -0.4 is 5.32 Å². The molecule has 2 nitrogen and oxygen atoms in total. The third kappa shape index (κ3) is 4.07. The quantitative estimate of drug-likeness (QED) is 0.704. The fraction of sp³-hybridized carbons (Fsp3) is 0.375. The molecule has 1 fully saturated rings. The normalized spacial score (nSPS) is 21.5. The van der Waals surface area contributed by atoms with E-state index in [9.17, 15) is 4.79 Å². The van der Waals surface area contributed by atoms with E-state index in [0.29, 0.717) is 5.92 Å². The van der Waals surface area contributed by atoms with Crippen LogP contribution in [-0.2, 0) is 11.2 Å². The molecule has 0 spiro atoms. The van der Waals surface area contributed by atoms with Gasteiger partial charge in [0.15, 0.2) is 0 Å². The molecule has 3 unspecified atom stereocenters. The summed E-state index contributed by atoms with van der Waals surface area (Å²) in [6.45, 7) is 8.59. The molecule has 1 saturated carbocycles. The minimum Gasteiger partial charge on any atom is -0.349 e. The van der Waals surface area contributed by atoms with E-state index in [-0.39, 0.29) is 23.3 Å². The Morgan fingerprint density at radius 2 is 1.62 bits per heavy atom. The van der Waals surface area contributed by atoms with Crippen molar-refractivity contribution in [2.24, 2.45) is 17.3 Å². The van der Waals surface area contributed by atoms with Gasteiger partial charge in [0.1, 0.15) is 0 Å². The second-order valence-electron chi connectivity index (χ2n) is 8.23. The molecular formula is C24H29NO. The second kappa shape index (κ2) is 7.49. The lowest BCUT2D eigenvalue weighted by Crippen LogP contribution is -2.32. The van der Waals surface area contributed by atoms with Crippen molar-refractivity contribution in [1.29, 1.82) is 0 Å². The number of nitrogens with one attached hydrogen (secondary N) is 1. The summed E-state index contributed by atoms with van der Waals surface area (Å²) in [6, 6.07) is 20.6. The Labute approximate surface area is 157 Å². The lowest BCUT2D eigenvalue weighted by atomic mass is 9.98. The molecule has 1 N–H and O–H groups in total. The SMILES string of the molecule is CC(C)=CC1C(C(=O)NC(Cc2ccccc2)c2ccccc2)C1(C)C. The van der Waals surface area contributed by atoms with Crippen LogP contribution in [0.2, 0.25) is 0 Å². The number of carbonyl (C=O) groups is 1. The van der Waals surface area contributed by atoms with Gasteiger partial charge >= 0.3 is 0 Å². The minimum atomic E-state index is -0.00477. The molecule has 1 aliphatic carbocycles. The predicted molar refractivity (Wildman–Crippen MR) is 108 cm³/mol. The molecule has 136 valence electrons. The minimum absolute atomic E-state index is 0.00477. The number of allylic oxidation sites excluding steroid dienone is 2. The zero-order valence-corrected chi connectivity index (χ0v) is 16.2. The highest BCUT2D eigenvalue weighted by Crippen LogP contribution is 2.59. The molecule has 2 heteroatoms. The lowest BCUT2D eigenvalue weighted by Gasteiger charge is -2.20. The molecular weight excluding hydrogens is 318 g/mol. The third-order valence-electron chi connectivity index (χ3n) is 5.51. The maximum Gasteiger partial charge on any atom is 0.224 e. The van der Waals surface area contributed by atoms with E-state index in [1.54, 1.807) is 0 Å². The number of amides is 1. The van der Waals surface area contributed by atoms with Crippen molar-refractivity contribution in [2.45, 2.75) is 40.2 Å². The fourth-order valence-corrected chi connectivity index (χ4v) is 3.90. The average Bonchev–Trinajstić information content (AvgIpc) is 3.15. The van der Waals surface area contributed by atoms with E-state index in [1.807, 2.05) is 36.4 Å². The monoisotopic (exact) mass is 347 g/mol. The Morgan fingerprint density at radius 3 is 2.19 bits per heavy atom. The van der Waals surface area contributed by atoms with Gasteiger partial charge in [0, 0.05) is 0 Å². The molecule has 0 aromatic heterocycles. The first-order chi connectivity index (χ1) is 12.4. The van der Waals surface area contributed by atoms with E-state index in [1.165, 1.54) is 11.1 Å². The Bertz CT molecular complexity index is 772. The molecule has 0 saturated heterocycles. The summed E-state index contributed by atoms with van der Waals surface area (Å²) in [5, 5.41) is 3.33. The summed E-state index contributed by atoms with van der Waals surface area (Å²) in [5.74, 6) is 0.558. The van der Waals surface area contributed by atoms with E-state index in [0.717, 1.165) is 12.0 Å². The summed E-state index contributed by atoms with van der Waals surface area (Å²) in [7, 11) is 0. The zero-order chi connectivity index (χ0) is 18.7. The van der Waals surface area contributed by atoms with Crippen molar-refractivity contribution in [2.75, 3.05) is 0 Å².